The number of carbonyl (C=O) groups is 4. The number of anilines is 1. The van der Waals surface area contributed by atoms with Gasteiger partial charge in [-0.05, 0) is 101 Å². The second kappa shape index (κ2) is 13.3. The lowest BCUT2D eigenvalue weighted by Gasteiger charge is -2.29. The van der Waals surface area contributed by atoms with E-state index in [0.717, 1.165) is 24.3 Å². The molecule has 53 heavy (non-hydrogen) atoms. The van der Waals surface area contributed by atoms with Crippen LogP contribution in [0.2, 0.25) is 0 Å². The van der Waals surface area contributed by atoms with Gasteiger partial charge in [0.25, 0.3) is 23.6 Å². The van der Waals surface area contributed by atoms with Crippen molar-refractivity contribution in [1.29, 1.82) is 0 Å². The van der Waals surface area contributed by atoms with E-state index in [1.807, 2.05) is 27.7 Å². The Hall–Kier alpha value is -5.26. The quantitative estimate of drug-likeness (QED) is 0.127. The van der Waals surface area contributed by atoms with Crippen molar-refractivity contribution in [1.82, 2.24) is 4.90 Å². The number of amides is 4. The maximum absolute atomic E-state index is 14.6. The van der Waals surface area contributed by atoms with Crippen molar-refractivity contribution in [2.45, 2.75) is 84.1 Å². The van der Waals surface area contributed by atoms with Gasteiger partial charge >= 0.3 is 12.4 Å². The highest BCUT2D eigenvalue weighted by atomic mass is 19.4. The van der Waals surface area contributed by atoms with Gasteiger partial charge in [-0.3, -0.25) is 24.1 Å². The summed E-state index contributed by atoms with van der Waals surface area (Å²) in [5, 5.41) is 0. The van der Waals surface area contributed by atoms with E-state index in [0.29, 0.717) is 53.3 Å². The van der Waals surface area contributed by atoms with Crippen LogP contribution in [0, 0.1) is 0 Å². The van der Waals surface area contributed by atoms with Crippen LogP contribution in [0.4, 0.5) is 32.0 Å². The highest BCUT2D eigenvalue weighted by Gasteiger charge is 2.43. The first-order chi connectivity index (χ1) is 24.9. The molecule has 0 unspecified atom stereocenters. The van der Waals surface area contributed by atoms with Gasteiger partial charge in [0.1, 0.15) is 0 Å². The Morgan fingerprint density at radius 2 is 0.962 bits per heavy atom. The topological polar surface area (TPSA) is 74.8 Å². The molecule has 6 nitrogen and oxygen atoms in total. The molecule has 2 heterocycles. The van der Waals surface area contributed by atoms with Gasteiger partial charge in [-0.1, -0.05) is 65.0 Å². The molecule has 0 N–H and O–H groups in total. The molecule has 0 fully saturated rings. The molecule has 0 atom stereocenters. The smallest absolute Gasteiger partial charge is 0.271 e. The third kappa shape index (κ3) is 6.21. The Balaban J connectivity index is 1.38. The number of halogens is 6. The Morgan fingerprint density at radius 3 is 1.47 bits per heavy atom. The van der Waals surface area contributed by atoms with Gasteiger partial charge in [0.05, 0.1) is 39.1 Å². The minimum atomic E-state index is -5.16. The van der Waals surface area contributed by atoms with Gasteiger partial charge in [-0.25, -0.2) is 4.90 Å². The third-order valence-corrected chi connectivity index (χ3v) is 10.9. The lowest BCUT2D eigenvalue weighted by Crippen LogP contribution is -2.39. The van der Waals surface area contributed by atoms with Gasteiger partial charge in [0.15, 0.2) is 0 Å². The Bertz CT molecular complexity index is 2180. The molecule has 2 aliphatic heterocycles. The first-order valence-corrected chi connectivity index (χ1v) is 17.4. The average molecular weight is 735 g/mol. The maximum atomic E-state index is 14.6. The Morgan fingerprint density at radius 1 is 0.528 bits per heavy atom. The number of hydrogen-bond donors (Lipinski definition) is 0. The molecule has 0 bridgehead atoms. The van der Waals surface area contributed by atoms with Crippen LogP contribution in [-0.4, -0.2) is 34.6 Å². The summed E-state index contributed by atoms with van der Waals surface area (Å²) in [6, 6.07) is 14.4. The Labute approximate surface area is 302 Å². The summed E-state index contributed by atoms with van der Waals surface area (Å²) in [6.07, 6.45) is -7.96. The third-order valence-electron chi connectivity index (χ3n) is 10.9. The van der Waals surface area contributed by atoms with Crippen LogP contribution in [0.25, 0.3) is 22.3 Å². The number of fused-ring (bicyclic) bond motifs is 2. The molecule has 0 radical (unpaired) electrons. The van der Waals surface area contributed by atoms with Crippen LogP contribution in [0.5, 0.6) is 0 Å². The fourth-order valence-corrected chi connectivity index (χ4v) is 7.27. The molecule has 0 aliphatic carbocycles. The number of nitrogens with zero attached hydrogens (tertiary/aromatic N) is 2. The average Bonchev–Trinajstić information content (AvgIpc) is 3.53. The van der Waals surface area contributed by atoms with E-state index in [1.54, 1.807) is 13.0 Å². The van der Waals surface area contributed by atoms with E-state index in [9.17, 15) is 45.5 Å². The molecule has 2 aliphatic rings. The summed E-state index contributed by atoms with van der Waals surface area (Å²) in [5.41, 5.74) is -3.75. The molecule has 4 aromatic carbocycles. The zero-order valence-electron chi connectivity index (χ0n) is 29.6. The minimum absolute atomic E-state index is 0.0893. The number of carbonyl (C=O) groups excluding carboxylic acids is 4. The van der Waals surface area contributed by atoms with Crippen molar-refractivity contribution >= 4 is 29.3 Å². The monoisotopic (exact) mass is 734 g/mol. The van der Waals surface area contributed by atoms with E-state index >= 15 is 0 Å². The zero-order valence-corrected chi connectivity index (χ0v) is 29.6. The van der Waals surface area contributed by atoms with Crippen molar-refractivity contribution in [3.8, 4) is 22.3 Å². The number of imide groups is 2. The van der Waals surface area contributed by atoms with Crippen LogP contribution in [0.15, 0.2) is 72.8 Å². The molecule has 12 heteroatoms. The van der Waals surface area contributed by atoms with Crippen LogP contribution < -0.4 is 4.90 Å². The summed E-state index contributed by atoms with van der Waals surface area (Å²) >= 11 is 0. The Kier molecular flexibility index (Phi) is 9.41. The van der Waals surface area contributed by atoms with Crippen LogP contribution in [-0.2, 0) is 17.8 Å². The molecular weight excluding hydrogens is 698 g/mol. The van der Waals surface area contributed by atoms with E-state index in [2.05, 4.69) is 0 Å². The predicted molar refractivity (Wildman–Crippen MR) is 188 cm³/mol. The van der Waals surface area contributed by atoms with Gasteiger partial charge in [0, 0.05) is 6.04 Å². The second-order valence-electron chi connectivity index (χ2n) is 13.7. The van der Waals surface area contributed by atoms with Crippen molar-refractivity contribution in [2.75, 3.05) is 4.90 Å². The molecule has 276 valence electrons. The summed E-state index contributed by atoms with van der Waals surface area (Å²) in [5.74, 6) is -2.69. The molecule has 0 saturated heterocycles. The van der Waals surface area contributed by atoms with Crippen molar-refractivity contribution in [3.05, 3.63) is 112 Å². The standard InChI is InChI=1S/C41H36F6N2O4/c1-6-25(7-2)48-35(50)29-14-10-22(18-31(29)37(48)52)23-11-15-30-32(19-23)38(53)49(36(30)51)26-13-17-28(34(21-26)41(45,46)47)27-16-12-24(39(5,8-3)9-4)20-33(27)40(42,43)44/h10-21,25H,6-9H2,1-5H3. The fourth-order valence-electron chi connectivity index (χ4n) is 7.27. The first-order valence-electron chi connectivity index (χ1n) is 17.4. The lowest BCUT2D eigenvalue weighted by molar-refractivity contribution is -0.139. The van der Waals surface area contributed by atoms with Gasteiger partial charge in [0.2, 0.25) is 0 Å². The van der Waals surface area contributed by atoms with Gasteiger partial charge in [-0.2, -0.15) is 26.3 Å². The summed E-state index contributed by atoms with van der Waals surface area (Å²) in [6.45, 7) is 9.20. The van der Waals surface area contributed by atoms with Crippen molar-refractivity contribution in [2.24, 2.45) is 0 Å². The van der Waals surface area contributed by atoms with Crippen molar-refractivity contribution < 1.29 is 45.5 Å². The van der Waals surface area contributed by atoms with E-state index in [1.165, 1.54) is 41.3 Å². The van der Waals surface area contributed by atoms with Crippen molar-refractivity contribution in [3.63, 3.8) is 0 Å². The minimum Gasteiger partial charge on any atom is -0.271 e. The largest absolute Gasteiger partial charge is 0.417 e. The fraction of sp³-hybridized carbons (Fsp3) is 0.317. The van der Waals surface area contributed by atoms with E-state index in [-0.39, 0.29) is 28.3 Å². The number of rotatable bonds is 9. The zero-order chi connectivity index (χ0) is 38.8. The first kappa shape index (κ1) is 37.5. The van der Waals surface area contributed by atoms with Crippen LogP contribution >= 0.6 is 0 Å². The van der Waals surface area contributed by atoms with Crippen LogP contribution in [0.1, 0.15) is 118 Å². The molecule has 4 amide bonds. The normalized spacial score (nSPS) is 14.9. The summed E-state index contributed by atoms with van der Waals surface area (Å²) in [7, 11) is 0. The molecular formula is C41H36F6N2O4. The number of benzene rings is 4. The second-order valence-corrected chi connectivity index (χ2v) is 13.7. The molecule has 6 rings (SSSR count). The van der Waals surface area contributed by atoms with E-state index < -0.39 is 69.3 Å². The van der Waals surface area contributed by atoms with Gasteiger partial charge in [-0.15, -0.1) is 0 Å². The SMILES string of the molecule is CCC(CC)N1C(=O)c2ccc(-c3ccc4c(c3)C(=O)N(c3ccc(-c5ccc(C(C)(CC)CC)cc5C(F)(F)F)c(C(F)(F)F)c3)C4=O)cc2C1=O. The summed E-state index contributed by atoms with van der Waals surface area (Å²) < 4.78 is 87.2. The predicted octanol–water partition coefficient (Wildman–Crippen LogP) is 10.7. The highest BCUT2D eigenvalue weighted by Crippen LogP contribution is 2.46. The van der Waals surface area contributed by atoms with Gasteiger partial charge < -0.3 is 0 Å². The van der Waals surface area contributed by atoms with Crippen LogP contribution in [0.3, 0.4) is 0 Å². The molecule has 0 spiro atoms. The van der Waals surface area contributed by atoms with E-state index in [4.69, 9.17) is 0 Å². The number of alkyl halides is 6. The summed E-state index contributed by atoms with van der Waals surface area (Å²) in [4.78, 5) is 55.3. The lowest BCUT2D eigenvalue weighted by atomic mass is 9.76. The molecule has 0 aromatic heterocycles. The maximum Gasteiger partial charge on any atom is 0.417 e. The number of hydrogen-bond acceptors (Lipinski definition) is 4. The highest BCUT2D eigenvalue weighted by molar-refractivity contribution is 6.34. The molecule has 0 saturated carbocycles. The molecule has 4 aromatic rings.